The maximum absolute atomic E-state index is 13.2. The maximum atomic E-state index is 13.2. The fourth-order valence-corrected chi connectivity index (χ4v) is 3.02. The molecule has 2 rings (SSSR count). The predicted molar refractivity (Wildman–Crippen MR) is 115 cm³/mol. The Kier molecular flexibility index (Phi) is 8.25. The van der Waals surface area contributed by atoms with Gasteiger partial charge in [-0.05, 0) is 18.2 Å². The summed E-state index contributed by atoms with van der Waals surface area (Å²) in [6.07, 6.45) is -10.2. The van der Waals surface area contributed by atoms with Crippen molar-refractivity contribution in [1.82, 2.24) is 14.7 Å². The van der Waals surface area contributed by atoms with Gasteiger partial charge in [0.05, 0.1) is 23.4 Å². The van der Waals surface area contributed by atoms with Crippen LogP contribution < -0.4 is 5.32 Å². The molecule has 0 atom stereocenters. The zero-order chi connectivity index (χ0) is 26.8. The first-order valence-electron chi connectivity index (χ1n) is 10.4. The number of aromatic nitrogens is 2. The molecule has 0 radical (unpaired) electrons. The lowest BCUT2D eigenvalue weighted by atomic mass is 9.92. The van der Waals surface area contributed by atoms with Crippen LogP contribution in [0.2, 0.25) is 0 Å². The number of nitrogens with one attached hydrogen (secondary N) is 1. The highest BCUT2D eigenvalue weighted by molar-refractivity contribution is 5.99. The molecule has 0 saturated carbocycles. The molecule has 0 aliphatic carbocycles. The van der Waals surface area contributed by atoms with Crippen LogP contribution in [0.1, 0.15) is 48.0 Å². The lowest BCUT2D eigenvalue weighted by Crippen LogP contribution is -2.40. The summed E-state index contributed by atoms with van der Waals surface area (Å²) in [6.45, 7) is 4.74. The largest absolute Gasteiger partial charge is 0.416 e. The van der Waals surface area contributed by atoms with Crippen molar-refractivity contribution in [3.8, 4) is 0 Å². The van der Waals surface area contributed by atoms with Gasteiger partial charge in [0.1, 0.15) is 12.4 Å². The molecular formula is C22H26F6N4O3. The summed E-state index contributed by atoms with van der Waals surface area (Å²) in [4.78, 5) is 26.4. The SMILES string of the molecule is COCCN(CC(=O)Nc1cc(C(C)(C)C)nn1C)C(=O)c1cc(C(F)(F)F)cc(C(F)(F)F)c1. The van der Waals surface area contributed by atoms with Gasteiger partial charge in [0.15, 0.2) is 0 Å². The van der Waals surface area contributed by atoms with Crippen molar-refractivity contribution in [3.05, 3.63) is 46.6 Å². The van der Waals surface area contributed by atoms with E-state index in [1.54, 1.807) is 13.1 Å². The summed E-state index contributed by atoms with van der Waals surface area (Å²) < 4.78 is 85.4. The first kappa shape index (κ1) is 28.1. The number of halogens is 6. The molecule has 0 bridgehead atoms. The number of hydrogen-bond donors (Lipinski definition) is 1. The van der Waals surface area contributed by atoms with Crippen LogP contribution >= 0.6 is 0 Å². The summed E-state index contributed by atoms with van der Waals surface area (Å²) in [5, 5.41) is 6.85. The van der Waals surface area contributed by atoms with E-state index >= 15 is 0 Å². The Bertz CT molecular complexity index is 1040. The van der Waals surface area contributed by atoms with Gasteiger partial charge in [-0.15, -0.1) is 0 Å². The molecule has 0 spiro atoms. The number of alkyl halides is 6. The van der Waals surface area contributed by atoms with Crippen molar-refractivity contribution >= 4 is 17.6 Å². The minimum absolute atomic E-state index is 0.0712. The van der Waals surface area contributed by atoms with Crippen molar-refractivity contribution in [2.24, 2.45) is 7.05 Å². The first-order chi connectivity index (χ1) is 15.9. The second-order valence-electron chi connectivity index (χ2n) is 8.85. The smallest absolute Gasteiger partial charge is 0.383 e. The number of amides is 2. The van der Waals surface area contributed by atoms with Crippen LogP contribution in [0.3, 0.4) is 0 Å². The van der Waals surface area contributed by atoms with E-state index in [-0.39, 0.29) is 24.6 Å². The van der Waals surface area contributed by atoms with E-state index in [1.807, 2.05) is 20.8 Å². The number of ether oxygens (including phenoxy) is 1. The molecule has 0 fully saturated rings. The monoisotopic (exact) mass is 508 g/mol. The van der Waals surface area contributed by atoms with E-state index in [2.05, 4.69) is 10.4 Å². The Morgan fingerprint density at radius 2 is 1.54 bits per heavy atom. The maximum Gasteiger partial charge on any atom is 0.416 e. The van der Waals surface area contributed by atoms with E-state index in [0.717, 1.165) is 4.90 Å². The number of carbonyl (C=O) groups is 2. The molecule has 2 amide bonds. The van der Waals surface area contributed by atoms with Crippen LogP contribution in [0.5, 0.6) is 0 Å². The second-order valence-corrected chi connectivity index (χ2v) is 8.85. The second kappa shape index (κ2) is 10.3. The summed E-state index contributed by atoms with van der Waals surface area (Å²) in [5.41, 5.74) is -3.76. The molecule has 0 saturated heterocycles. The van der Waals surface area contributed by atoms with Gasteiger partial charge in [-0.2, -0.15) is 31.4 Å². The van der Waals surface area contributed by atoms with Gasteiger partial charge in [0.2, 0.25) is 5.91 Å². The Morgan fingerprint density at radius 1 is 1.00 bits per heavy atom. The highest BCUT2D eigenvalue weighted by Gasteiger charge is 2.38. The number of hydrogen-bond acceptors (Lipinski definition) is 4. The predicted octanol–water partition coefficient (Wildman–Crippen LogP) is 4.48. The summed E-state index contributed by atoms with van der Waals surface area (Å²) in [7, 11) is 2.87. The highest BCUT2D eigenvalue weighted by Crippen LogP contribution is 2.36. The third kappa shape index (κ3) is 7.44. The van der Waals surface area contributed by atoms with Gasteiger partial charge in [-0.1, -0.05) is 20.8 Å². The van der Waals surface area contributed by atoms with Gasteiger partial charge in [-0.25, -0.2) is 0 Å². The number of carbonyl (C=O) groups excluding carboxylic acids is 2. The lowest BCUT2D eigenvalue weighted by Gasteiger charge is -2.23. The Labute approximate surface area is 198 Å². The summed E-state index contributed by atoms with van der Waals surface area (Å²) in [5.74, 6) is -1.60. The Morgan fingerprint density at radius 3 is 1.97 bits per heavy atom. The number of benzene rings is 1. The van der Waals surface area contributed by atoms with E-state index in [4.69, 9.17) is 4.74 Å². The van der Waals surface area contributed by atoms with E-state index in [1.165, 1.54) is 11.8 Å². The molecule has 0 unspecified atom stereocenters. The van der Waals surface area contributed by atoms with Crippen molar-refractivity contribution in [1.29, 1.82) is 0 Å². The average Bonchev–Trinajstić information content (AvgIpc) is 3.09. The third-order valence-corrected chi connectivity index (χ3v) is 4.94. The highest BCUT2D eigenvalue weighted by atomic mass is 19.4. The molecule has 7 nitrogen and oxygen atoms in total. The van der Waals surface area contributed by atoms with Gasteiger partial charge < -0.3 is 15.0 Å². The standard InChI is InChI=1S/C22H26F6N4O3/c1-20(2,3)16-11-17(31(4)30-16)29-18(33)12-32(6-7-35-5)19(34)13-8-14(21(23,24)25)10-15(9-13)22(26,27)28/h8-11H,6-7,12H2,1-5H3,(H,29,33). The van der Waals surface area contributed by atoms with Crippen LogP contribution in [0, 0.1) is 0 Å². The van der Waals surface area contributed by atoms with Crippen molar-refractivity contribution < 1.29 is 40.7 Å². The van der Waals surface area contributed by atoms with E-state index in [0.29, 0.717) is 23.6 Å². The number of nitrogens with zero attached hydrogens (tertiary/aromatic N) is 3. The van der Waals surface area contributed by atoms with Gasteiger partial charge in [0.25, 0.3) is 5.91 Å². The molecule has 2 aromatic rings. The first-order valence-corrected chi connectivity index (χ1v) is 10.4. The third-order valence-electron chi connectivity index (χ3n) is 4.94. The minimum atomic E-state index is -5.12. The molecule has 194 valence electrons. The molecule has 35 heavy (non-hydrogen) atoms. The quantitative estimate of drug-likeness (QED) is 0.560. The van der Waals surface area contributed by atoms with Crippen molar-refractivity contribution in [3.63, 3.8) is 0 Å². The molecule has 1 heterocycles. The van der Waals surface area contributed by atoms with Crippen LogP contribution in [-0.2, 0) is 34.3 Å². The van der Waals surface area contributed by atoms with Crippen LogP contribution in [-0.4, -0.2) is 53.3 Å². The molecule has 1 aromatic carbocycles. The lowest BCUT2D eigenvalue weighted by molar-refractivity contribution is -0.143. The number of aryl methyl sites for hydroxylation is 1. The Balaban J connectivity index is 2.35. The molecule has 13 heteroatoms. The fourth-order valence-electron chi connectivity index (χ4n) is 3.02. The summed E-state index contributed by atoms with van der Waals surface area (Å²) >= 11 is 0. The Hall–Kier alpha value is -3.09. The van der Waals surface area contributed by atoms with Crippen LogP contribution in [0.4, 0.5) is 32.2 Å². The van der Waals surface area contributed by atoms with Gasteiger partial charge >= 0.3 is 12.4 Å². The zero-order valence-corrected chi connectivity index (χ0v) is 19.8. The fraction of sp³-hybridized carbons (Fsp3) is 0.500. The average molecular weight is 508 g/mol. The van der Waals surface area contributed by atoms with Gasteiger partial charge in [-0.3, -0.25) is 14.3 Å². The zero-order valence-electron chi connectivity index (χ0n) is 19.8. The normalized spacial score (nSPS) is 12.5. The van der Waals surface area contributed by atoms with Gasteiger partial charge in [0, 0.05) is 37.7 Å². The topological polar surface area (TPSA) is 76.5 Å². The van der Waals surface area contributed by atoms with Crippen LogP contribution in [0.15, 0.2) is 24.3 Å². The minimum Gasteiger partial charge on any atom is -0.383 e. The van der Waals surface area contributed by atoms with Crippen molar-refractivity contribution in [2.45, 2.75) is 38.5 Å². The summed E-state index contributed by atoms with van der Waals surface area (Å²) in [6, 6.07) is 2.21. The number of methoxy groups -OCH3 is 1. The van der Waals surface area contributed by atoms with E-state index < -0.39 is 47.4 Å². The van der Waals surface area contributed by atoms with Crippen LogP contribution in [0.25, 0.3) is 0 Å². The molecule has 0 aliphatic heterocycles. The van der Waals surface area contributed by atoms with E-state index in [9.17, 15) is 35.9 Å². The molecular weight excluding hydrogens is 482 g/mol. The van der Waals surface area contributed by atoms with Crippen molar-refractivity contribution in [2.75, 3.05) is 32.1 Å². The molecule has 0 aliphatic rings. The number of rotatable bonds is 7. The molecule has 1 aromatic heterocycles. The number of anilines is 1. The molecule has 1 N–H and O–H groups in total.